The molecule has 1 saturated heterocycles. The molecule has 0 spiro atoms. The molecule has 0 saturated carbocycles. The molecule has 4 rings (SSSR count). The molecule has 3 aromatic rings. The van der Waals surface area contributed by atoms with Crippen LogP contribution in [0.25, 0.3) is 10.9 Å². The molecule has 0 radical (unpaired) electrons. The summed E-state index contributed by atoms with van der Waals surface area (Å²) in [7, 11) is 3.14. The number of amides is 1. The predicted octanol–water partition coefficient (Wildman–Crippen LogP) is 5.82. The molecule has 2 heterocycles. The lowest BCUT2D eigenvalue weighted by Gasteiger charge is -2.19. The lowest BCUT2D eigenvalue weighted by Crippen LogP contribution is -2.30. The Bertz CT molecular complexity index is 1390. The van der Waals surface area contributed by atoms with Crippen LogP contribution in [0.5, 0.6) is 0 Å². The number of carboxylic acid groups (broad SMARTS) is 1. The van der Waals surface area contributed by atoms with Crippen LogP contribution >= 0.6 is 23.2 Å². The first-order valence-electron chi connectivity index (χ1n) is 11.5. The van der Waals surface area contributed by atoms with Gasteiger partial charge in [0.05, 0.1) is 28.7 Å². The number of nitrogens with zero attached hydrogens (tertiary/aromatic N) is 2. The van der Waals surface area contributed by atoms with E-state index in [1.807, 2.05) is 0 Å². The first-order chi connectivity index (χ1) is 17.3. The van der Waals surface area contributed by atoms with Crippen molar-refractivity contribution in [2.24, 2.45) is 18.9 Å². The summed E-state index contributed by atoms with van der Waals surface area (Å²) in [4.78, 5) is 26.4. The highest BCUT2D eigenvalue weighted by Gasteiger charge is 2.40. The minimum Gasteiger partial charge on any atom is -0.481 e. The standard InChI is InChI=1S/C26H25Cl2F3N2O4/c1-13-6-15(26(29,30)31)7-22-18(13)8-16(32(22)2)9-19-21(27)5-4-17(23(19)28)24(34)33-10-14(12-37-3)20(11-33)25(35)36/h4-8,14,20H,9-12H2,1-3H3,(H,35,36)/t14-,20+/m0/s1. The second-order valence-corrected chi connectivity index (χ2v) is 10.1. The number of aliphatic carboxylic acids is 1. The smallest absolute Gasteiger partial charge is 0.416 e. The van der Waals surface area contributed by atoms with E-state index in [2.05, 4.69) is 0 Å². The van der Waals surface area contributed by atoms with Crippen LogP contribution in [0.1, 0.15) is 32.7 Å². The third kappa shape index (κ3) is 5.17. The van der Waals surface area contributed by atoms with Crippen LogP contribution in [-0.4, -0.2) is 53.3 Å². The van der Waals surface area contributed by atoms with Gasteiger partial charge >= 0.3 is 12.1 Å². The van der Waals surface area contributed by atoms with Crippen LogP contribution in [0.3, 0.4) is 0 Å². The van der Waals surface area contributed by atoms with E-state index in [0.717, 1.165) is 12.1 Å². The van der Waals surface area contributed by atoms with Gasteiger partial charge in [0.2, 0.25) is 0 Å². The third-order valence-electron chi connectivity index (χ3n) is 7.00. The zero-order valence-corrected chi connectivity index (χ0v) is 21.8. The molecule has 11 heteroatoms. The largest absolute Gasteiger partial charge is 0.481 e. The van der Waals surface area contributed by atoms with Crippen molar-refractivity contribution in [2.45, 2.75) is 19.5 Å². The van der Waals surface area contributed by atoms with Crippen molar-refractivity contribution in [3.63, 3.8) is 0 Å². The molecule has 1 amide bonds. The van der Waals surface area contributed by atoms with Crippen LogP contribution in [-0.2, 0) is 29.2 Å². The van der Waals surface area contributed by atoms with E-state index in [1.165, 1.54) is 18.1 Å². The molecule has 1 aliphatic heterocycles. The quantitative estimate of drug-likeness (QED) is 0.415. The molecule has 6 nitrogen and oxygen atoms in total. The Morgan fingerprint density at radius 3 is 2.49 bits per heavy atom. The Balaban J connectivity index is 1.68. The summed E-state index contributed by atoms with van der Waals surface area (Å²) >= 11 is 13.1. The summed E-state index contributed by atoms with van der Waals surface area (Å²) in [6, 6.07) is 7.06. The zero-order valence-electron chi connectivity index (χ0n) is 20.3. The molecule has 37 heavy (non-hydrogen) atoms. The van der Waals surface area contributed by atoms with Gasteiger partial charge in [0, 0.05) is 61.2 Å². The fraction of sp³-hybridized carbons (Fsp3) is 0.385. The van der Waals surface area contributed by atoms with Crippen molar-refractivity contribution in [1.82, 2.24) is 9.47 Å². The van der Waals surface area contributed by atoms with E-state index >= 15 is 0 Å². The van der Waals surface area contributed by atoms with E-state index < -0.39 is 29.5 Å². The molecule has 0 bridgehead atoms. The SMILES string of the molecule is COC[C@@H]1CN(C(=O)c2ccc(Cl)c(Cc3cc4c(C)cc(C(F)(F)F)cc4n3C)c2Cl)C[C@H]1C(=O)O. The Morgan fingerprint density at radius 2 is 1.86 bits per heavy atom. The van der Waals surface area contributed by atoms with Crippen molar-refractivity contribution in [1.29, 1.82) is 0 Å². The van der Waals surface area contributed by atoms with Crippen molar-refractivity contribution < 1.29 is 32.6 Å². The van der Waals surface area contributed by atoms with Gasteiger partial charge in [-0.1, -0.05) is 23.2 Å². The fourth-order valence-corrected chi connectivity index (χ4v) is 5.56. The number of halogens is 5. The summed E-state index contributed by atoms with van der Waals surface area (Å²) in [5.41, 5.74) is 1.47. The highest BCUT2D eigenvalue weighted by molar-refractivity contribution is 6.38. The number of hydrogen-bond acceptors (Lipinski definition) is 3. The number of hydrogen-bond donors (Lipinski definition) is 1. The molecule has 0 unspecified atom stereocenters. The summed E-state index contributed by atoms with van der Waals surface area (Å²) in [5.74, 6) is -2.52. The van der Waals surface area contributed by atoms with E-state index in [0.29, 0.717) is 32.7 Å². The number of alkyl halides is 3. The number of rotatable bonds is 6. The molecule has 1 fully saturated rings. The van der Waals surface area contributed by atoms with Crippen molar-refractivity contribution in [2.75, 3.05) is 26.8 Å². The van der Waals surface area contributed by atoms with Crippen molar-refractivity contribution >= 4 is 46.0 Å². The zero-order chi connectivity index (χ0) is 27.2. The molecule has 1 aromatic heterocycles. The lowest BCUT2D eigenvalue weighted by atomic mass is 9.97. The fourth-order valence-electron chi connectivity index (χ4n) is 4.97. The van der Waals surface area contributed by atoms with Crippen LogP contribution in [0.15, 0.2) is 30.3 Å². The molecule has 1 aliphatic rings. The average molecular weight is 557 g/mol. The highest BCUT2D eigenvalue weighted by Crippen LogP contribution is 2.37. The van der Waals surface area contributed by atoms with Gasteiger partial charge in [-0.25, -0.2) is 0 Å². The van der Waals surface area contributed by atoms with Gasteiger partial charge in [-0.3, -0.25) is 9.59 Å². The molecule has 0 aliphatic carbocycles. The summed E-state index contributed by atoms with van der Waals surface area (Å²) in [6.07, 6.45) is -4.29. The van der Waals surface area contributed by atoms with Gasteiger partial charge in [-0.15, -0.1) is 0 Å². The predicted molar refractivity (Wildman–Crippen MR) is 134 cm³/mol. The van der Waals surface area contributed by atoms with Gasteiger partial charge in [0.15, 0.2) is 0 Å². The van der Waals surface area contributed by atoms with Gasteiger partial charge in [0.25, 0.3) is 5.91 Å². The van der Waals surface area contributed by atoms with Crippen LogP contribution in [0.4, 0.5) is 13.2 Å². The summed E-state index contributed by atoms with van der Waals surface area (Å²) in [6.45, 7) is 2.07. The number of aromatic nitrogens is 1. The summed E-state index contributed by atoms with van der Waals surface area (Å²) in [5, 5.41) is 10.6. The van der Waals surface area contributed by atoms with Gasteiger partial charge < -0.3 is 19.3 Å². The second-order valence-electron chi connectivity index (χ2n) is 9.35. The number of aryl methyl sites for hydroxylation is 2. The number of carboxylic acids is 1. The molecular weight excluding hydrogens is 532 g/mol. The number of likely N-dealkylation sites (tertiary alicyclic amines) is 1. The van der Waals surface area contributed by atoms with E-state index in [9.17, 15) is 27.9 Å². The number of methoxy groups -OCH3 is 1. The molecular formula is C26H25Cl2F3N2O4. The number of carbonyl (C=O) groups excluding carboxylic acids is 1. The third-order valence-corrected chi connectivity index (χ3v) is 7.78. The topological polar surface area (TPSA) is 71.8 Å². The maximum Gasteiger partial charge on any atom is 0.416 e. The first kappa shape index (κ1) is 27.3. The monoisotopic (exact) mass is 556 g/mol. The van der Waals surface area contributed by atoms with Crippen LogP contribution in [0.2, 0.25) is 10.0 Å². The number of carbonyl (C=O) groups is 2. The van der Waals surface area contributed by atoms with E-state index in [4.69, 9.17) is 27.9 Å². The highest BCUT2D eigenvalue weighted by atomic mass is 35.5. The molecule has 198 valence electrons. The van der Waals surface area contributed by atoms with Crippen molar-refractivity contribution in [3.8, 4) is 0 Å². The average Bonchev–Trinajstić information content (AvgIpc) is 3.38. The van der Waals surface area contributed by atoms with Crippen molar-refractivity contribution in [3.05, 3.63) is 68.3 Å². The maximum absolute atomic E-state index is 13.4. The van der Waals surface area contributed by atoms with E-state index in [1.54, 1.807) is 30.7 Å². The molecule has 2 aromatic carbocycles. The van der Waals surface area contributed by atoms with Crippen LogP contribution < -0.4 is 0 Å². The van der Waals surface area contributed by atoms with E-state index in [-0.39, 0.29) is 42.6 Å². The first-order valence-corrected chi connectivity index (χ1v) is 12.2. The number of fused-ring (bicyclic) bond motifs is 1. The minimum atomic E-state index is -4.47. The van der Waals surface area contributed by atoms with Gasteiger partial charge in [-0.05, 0) is 48.4 Å². The molecule has 2 atom stereocenters. The van der Waals surface area contributed by atoms with Gasteiger partial charge in [-0.2, -0.15) is 13.2 Å². The Labute approximate surface area is 221 Å². The maximum atomic E-state index is 13.4. The lowest BCUT2D eigenvalue weighted by molar-refractivity contribution is -0.143. The Hall–Kier alpha value is -2.75. The minimum absolute atomic E-state index is 0.0283. The normalized spacial score (nSPS) is 18.1. The van der Waals surface area contributed by atoms with Gasteiger partial charge in [0.1, 0.15) is 0 Å². The Kier molecular flexibility index (Phi) is 7.52. The molecule has 1 N–H and O–H groups in total. The summed E-state index contributed by atoms with van der Waals surface area (Å²) < 4.78 is 46.8. The second kappa shape index (κ2) is 10.2. The Morgan fingerprint density at radius 1 is 1.16 bits per heavy atom. The number of ether oxygens (including phenoxy) is 1. The number of benzene rings is 2. The van der Waals surface area contributed by atoms with Crippen LogP contribution in [0, 0.1) is 18.8 Å².